The van der Waals surface area contributed by atoms with Crippen LogP contribution < -0.4 is 5.73 Å². The molecule has 0 aromatic heterocycles. The lowest BCUT2D eigenvalue weighted by atomic mass is 10.0. The van der Waals surface area contributed by atoms with Crippen molar-refractivity contribution >= 4 is 34.3 Å². The Morgan fingerprint density at radius 2 is 2.07 bits per heavy atom. The highest BCUT2D eigenvalue weighted by molar-refractivity contribution is 9.10. The summed E-state index contributed by atoms with van der Waals surface area (Å²) >= 11 is 3.06. The SMILES string of the molecule is C[C@@H](N)c1cc(C(=O)O)cc(Br)c1O.Cl. The monoisotopic (exact) mass is 295 g/mol. The minimum absolute atomic E-state index is 0. The molecular formula is C9H11BrClNO3. The molecule has 0 heterocycles. The smallest absolute Gasteiger partial charge is 0.335 e. The number of carboxylic acids is 1. The molecule has 84 valence electrons. The fourth-order valence-electron chi connectivity index (χ4n) is 1.09. The molecular weight excluding hydrogens is 285 g/mol. The first-order chi connectivity index (χ1) is 6.43. The molecule has 0 aliphatic rings. The highest BCUT2D eigenvalue weighted by Gasteiger charge is 2.14. The maximum atomic E-state index is 10.7. The molecule has 0 radical (unpaired) electrons. The van der Waals surface area contributed by atoms with E-state index >= 15 is 0 Å². The molecule has 0 unspecified atom stereocenters. The van der Waals surface area contributed by atoms with Gasteiger partial charge >= 0.3 is 5.97 Å². The first-order valence-electron chi connectivity index (χ1n) is 3.94. The molecule has 0 saturated carbocycles. The first kappa shape index (κ1) is 14.2. The van der Waals surface area contributed by atoms with E-state index < -0.39 is 12.0 Å². The molecule has 1 aromatic carbocycles. The van der Waals surface area contributed by atoms with Crippen LogP contribution in [0.15, 0.2) is 16.6 Å². The number of carbonyl (C=O) groups is 1. The zero-order valence-electron chi connectivity index (χ0n) is 7.90. The van der Waals surface area contributed by atoms with Crippen molar-refractivity contribution in [3.05, 3.63) is 27.7 Å². The predicted octanol–water partition coefficient (Wildman–Crippen LogP) is 2.29. The van der Waals surface area contributed by atoms with Gasteiger partial charge in [0, 0.05) is 11.6 Å². The van der Waals surface area contributed by atoms with Crippen LogP contribution in [0.25, 0.3) is 0 Å². The van der Waals surface area contributed by atoms with E-state index in [9.17, 15) is 9.90 Å². The van der Waals surface area contributed by atoms with Crippen LogP contribution in [-0.4, -0.2) is 16.2 Å². The Morgan fingerprint density at radius 3 is 2.47 bits per heavy atom. The van der Waals surface area contributed by atoms with Gasteiger partial charge in [-0.05, 0) is 35.0 Å². The third kappa shape index (κ3) is 3.09. The Bertz CT molecular complexity index is 382. The summed E-state index contributed by atoms with van der Waals surface area (Å²) < 4.78 is 0.338. The number of aromatic carboxylic acids is 1. The maximum Gasteiger partial charge on any atom is 0.335 e. The Morgan fingerprint density at radius 1 is 1.53 bits per heavy atom. The van der Waals surface area contributed by atoms with Gasteiger partial charge in [-0.25, -0.2) is 4.79 Å². The normalized spacial score (nSPS) is 11.7. The molecule has 0 amide bonds. The number of halogens is 2. The van der Waals surface area contributed by atoms with Gasteiger partial charge in [-0.2, -0.15) is 0 Å². The lowest BCUT2D eigenvalue weighted by Gasteiger charge is -2.10. The van der Waals surface area contributed by atoms with Crippen LogP contribution >= 0.6 is 28.3 Å². The minimum Gasteiger partial charge on any atom is -0.506 e. The fraction of sp³-hybridized carbons (Fsp3) is 0.222. The zero-order valence-corrected chi connectivity index (χ0v) is 10.3. The van der Waals surface area contributed by atoms with Gasteiger partial charge in [0.15, 0.2) is 0 Å². The molecule has 4 N–H and O–H groups in total. The summed E-state index contributed by atoms with van der Waals surface area (Å²) in [4.78, 5) is 10.7. The van der Waals surface area contributed by atoms with Crippen molar-refractivity contribution in [2.75, 3.05) is 0 Å². The van der Waals surface area contributed by atoms with Crippen molar-refractivity contribution in [2.45, 2.75) is 13.0 Å². The lowest BCUT2D eigenvalue weighted by molar-refractivity contribution is 0.0696. The Hall–Kier alpha value is -0.780. The van der Waals surface area contributed by atoms with Crippen LogP contribution in [0, 0.1) is 0 Å². The van der Waals surface area contributed by atoms with E-state index in [0.29, 0.717) is 10.0 Å². The molecule has 0 spiro atoms. The van der Waals surface area contributed by atoms with Crippen molar-refractivity contribution < 1.29 is 15.0 Å². The van der Waals surface area contributed by atoms with Crippen LogP contribution in [-0.2, 0) is 0 Å². The second-order valence-corrected chi connectivity index (χ2v) is 3.84. The van der Waals surface area contributed by atoms with E-state index in [-0.39, 0.29) is 23.7 Å². The summed E-state index contributed by atoms with van der Waals surface area (Å²) in [7, 11) is 0. The van der Waals surface area contributed by atoms with Gasteiger partial charge in [-0.3, -0.25) is 0 Å². The van der Waals surface area contributed by atoms with E-state index in [1.165, 1.54) is 12.1 Å². The van der Waals surface area contributed by atoms with Crippen LogP contribution in [0.2, 0.25) is 0 Å². The molecule has 1 rings (SSSR count). The highest BCUT2D eigenvalue weighted by Crippen LogP contribution is 2.32. The van der Waals surface area contributed by atoms with Gasteiger partial charge in [0.05, 0.1) is 10.0 Å². The molecule has 0 fully saturated rings. The number of carboxylic acid groups (broad SMARTS) is 1. The Labute approximate surface area is 102 Å². The van der Waals surface area contributed by atoms with Gasteiger partial charge < -0.3 is 15.9 Å². The van der Waals surface area contributed by atoms with Crippen molar-refractivity contribution in [1.82, 2.24) is 0 Å². The Balaban J connectivity index is 0.00000196. The van der Waals surface area contributed by atoms with E-state index in [1.807, 2.05) is 0 Å². The molecule has 0 saturated heterocycles. The number of benzene rings is 1. The Kier molecular flexibility index (Phi) is 5.07. The number of nitrogens with two attached hydrogens (primary N) is 1. The van der Waals surface area contributed by atoms with Gasteiger partial charge in [-0.15, -0.1) is 12.4 Å². The average molecular weight is 297 g/mol. The first-order valence-corrected chi connectivity index (χ1v) is 4.74. The third-order valence-corrected chi connectivity index (χ3v) is 2.43. The topological polar surface area (TPSA) is 83.6 Å². The maximum absolute atomic E-state index is 10.7. The summed E-state index contributed by atoms with van der Waals surface area (Å²) in [6.45, 7) is 1.67. The van der Waals surface area contributed by atoms with Crippen LogP contribution in [0.5, 0.6) is 5.75 Å². The largest absolute Gasteiger partial charge is 0.506 e. The van der Waals surface area contributed by atoms with E-state index in [0.717, 1.165) is 0 Å². The third-order valence-electron chi connectivity index (χ3n) is 1.83. The van der Waals surface area contributed by atoms with Gasteiger partial charge in [-0.1, -0.05) is 0 Å². The van der Waals surface area contributed by atoms with E-state index in [2.05, 4.69) is 15.9 Å². The van der Waals surface area contributed by atoms with Gasteiger partial charge in [0.2, 0.25) is 0 Å². The van der Waals surface area contributed by atoms with Crippen molar-refractivity contribution in [3.8, 4) is 5.75 Å². The number of hydrogen-bond donors (Lipinski definition) is 3. The number of aromatic hydroxyl groups is 1. The molecule has 0 aliphatic heterocycles. The standard InChI is InChI=1S/C9H10BrNO3.ClH/c1-4(11)6-2-5(9(13)14)3-7(10)8(6)12;/h2-4,12H,11H2,1H3,(H,13,14);1H/t4-;/m1./s1. The summed E-state index contributed by atoms with van der Waals surface area (Å²) in [6.07, 6.45) is 0. The molecule has 0 bridgehead atoms. The van der Waals surface area contributed by atoms with Crippen LogP contribution in [0.1, 0.15) is 28.9 Å². The van der Waals surface area contributed by atoms with Crippen molar-refractivity contribution in [2.24, 2.45) is 5.73 Å². The number of hydrogen-bond acceptors (Lipinski definition) is 3. The van der Waals surface area contributed by atoms with E-state index in [1.54, 1.807) is 6.92 Å². The van der Waals surface area contributed by atoms with Gasteiger partial charge in [0.1, 0.15) is 5.75 Å². The lowest BCUT2D eigenvalue weighted by Crippen LogP contribution is -2.07. The summed E-state index contributed by atoms with van der Waals surface area (Å²) in [5.41, 5.74) is 6.09. The summed E-state index contributed by atoms with van der Waals surface area (Å²) in [6, 6.07) is 2.29. The fourth-order valence-corrected chi connectivity index (χ4v) is 1.57. The quantitative estimate of drug-likeness (QED) is 0.782. The molecule has 4 nitrogen and oxygen atoms in total. The number of rotatable bonds is 2. The van der Waals surface area contributed by atoms with Crippen LogP contribution in [0.3, 0.4) is 0 Å². The summed E-state index contributed by atoms with van der Waals surface area (Å²) in [5.74, 6) is -1.06. The molecule has 1 aromatic rings. The second-order valence-electron chi connectivity index (χ2n) is 2.99. The van der Waals surface area contributed by atoms with Crippen molar-refractivity contribution in [1.29, 1.82) is 0 Å². The summed E-state index contributed by atoms with van der Waals surface area (Å²) in [5, 5.41) is 18.3. The predicted molar refractivity (Wildman–Crippen MR) is 62.6 cm³/mol. The van der Waals surface area contributed by atoms with Gasteiger partial charge in [0.25, 0.3) is 0 Å². The molecule has 6 heteroatoms. The minimum atomic E-state index is -1.05. The number of phenolic OH excluding ortho intramolecular Hbond substituents is 1. The second kappa shape index (κ2) is 5.34. The van der Waals surface area contributed by atoms with Crippen molar-refractivity contribution in [3.63, 3.8) is 0 Å². The van der Waals surface area contributed by atoms with E-state index in [4.69, 9.17) is 10.8 Å². The molecule has 0 aliphatic carbocycles. The molecule has 15 heavy (non-hydrogen) atoms. The highest BCUT2D eigenvalue weighted by atomic mass is 79.9. The van der Waals surface area contributed by atoms with Crippen LogP contribution in [0.4, 0.5) is 0 Å². The zero-order chi connectivity index (χ0) is 10.9. The number of phenols is 1. The molecule has 1 atom stereocenters. The average Bonchev–Trinajstić information content (AvgIpc) is 2.08.